The molecule has 0 bridgehead atoms. The number of nitrogens with one attached hydrogen (secondary N) is 2. The number of benzene rings is 2. The van der Waals surface area contributed by atoms with Gasteiger partial charge in [-0.15, -0.1) is 0 Å². The van der Waals surface area contributed by atoms with Gasteiger partial charge in [-0.3, -0.25) is 4.79 Å². The maximum atomic E-state index is 12.5. The molecule has 1 aliphatic rings. The summed E-state index contributed by atoms with van der Waals surface area (Å²) in [5.74, 6) is 0.992. The Bertz CT molecular complexity index is 747. The van der Waals surface area contributed by atoms with Crippen molar-refractivity contribution in [3.63, 3.8) is 0 Å². The summed E-state index contributed by atoms with van der Waals surface area (Å²) in [4.78, 5) is 16.1. The molecule has 0 unspecified atom stereocenters. The van der Waals surface area contributed by atoms with Gasteiger partial charge in [0.25, 0.3) is 5.91 Å². The third-order valence-electron chi connectivity index (χ3n) is 5.05. The van der Waals surface area contributed by atoms with Crippen molar-refractivity contribution in [2.24, 2.45) is 0 Å². The molecule has 2 N–H and O–H groups in total. The lowest BCUT2D eigenvalue weighted by molar-refractivity contribution is -0.892. The van der Waals surface area contributed by atoms with Crippen LogP contribution in [0.1, 0.15) is 11.1 Å². The molecule has 1 saturated heterocycles. The van der Waals surface area contributed by atoms with Crippen LogP contribution >= 0.6 is 0 Å². The number of methoxy groups -OCH3 is 1. The standard InChI is InChI=1S/C21H27N3O2/c1-16-7-6-8-17(2)21(16)22-20(25)15-23-11-13-24(14-12-23)18-9-4-5-10-19(18)26-3/h4-10H,11-15H2,1-3H3,(H,22,25)/p+1. The SMILES string of the molecule is COc1ccccc1N1CC[NH+](CC(=O)Nc2c(C)cccc2C)CC1. The molecule has 1 amide bonds. The lowest BCUT2D eigenvalue weighted by atomic mass is 10.1. The summed E-state index contributed by atoms with van der Waals surface area (Å²) in [6.07, 6.45) is 0. The average molecular weight is 354 g/mol. The quantitative estimate of drug-likeness (QED) is 0.858. The predicted octanol–water partition coefficient (Wildman–Crippen LogP) is 1.66. The van der Waals surface area contributed by atoms with E-state index >= 15 is 0 Å². The summed E-state index contributed by atoms with van der Waals surface area (Å²) in [6, 6.07) is 14.2. The molecule has 3 rings (SSSR count). The summed E-state index contributed by atoms with van der Waals surface area (Å²) in [5, 5.41) is 3.09. The Hall–Kier alpha value is -2.53. The van der Waals surface area contributed by atoms with Crippen molar-refractivity contribution >= 4 is 17.3 Å². The van der Waals surface area contributed by atoms with Crippen LogP contribution in [0, 0.1) is 13.8 Å². The minimum atomic E-state index is 0.0862. The Labute approximate surface area is 155 Å². The van der Waals surface area contributed by atoms with Gasteiger partial charge in [-0.25, -0.2) is 0 Å². The highest BCUT2D eigenvalue weighted by Gasteiger charge is 2.24. The van der Waals surface area contributed by atoms with Crippen LogP contribution in [0.3, 0.4) is 0 Å². The molecular formula is C21H28N3O2+. The van der Waals surface area contributed by atoms with Gasteiger partial charge >= 0.3 is 0 Å². The molecule has 5 heteroatoms. The third-order valence-corrected chi connectivity index (χ3v) is 5.05. The van der Waals surface area contributed by atoms with E-state index in [0.29, 0.717) is 6.54 Å². The molecule has 1 fully saturated rings. The molecule has 0 spiro atoms. The second kappa shape index (κ2) is 8.23. The molecule has 2 aromatic carbocycles. The largest absolute Gasteiger partial charge is 0.495 e. The Balaban J connectivity index is 1.55. The smallest absolute Gasteiger partial charge is 0.279 e. The van der Waals surface area contributed by atoms with E-state index in [0.717, 1.165) is 54.4 Å². The Morgan fingerprint density at radius 1 is 1.08 bits per heavy atom. The van der Waals surface area contributed by atoms with Crippen LogP contribution in [-0.2, 0) is 4.79 Å². The van der Waals surface area contributed by atoms with Crippen molar-refractivity contribution in [1.29, 1.82) is 0 Å². The fourth-order valence-electron chi connectivity index (χ4n) is 3.55. The average Bonchev–Trinajstić information content (AvgIpc) is 2.65. The van der Waals surface area contributed by atoms with Gasteiger partial charge in [0.1, 0.15) is 5.75 Å². The molecule has 0 atom stereocenters. The highest BCUT2D eigenvalue weighted by Crippen LogP contribution is 2.27. The highest BCUT2D eigenvalue weighted by atomic mass is 16.5. The number of carbonyl (C=O) groups excluding carboxylic acids is 1. The number of rotatable bonds is 5. The van der Waals surface area contributed by atoms with Crippen molar-refractivity contribution < 1.29 is 14.4 Å². The minimum absolute atomic E-state index is 0.0862. The monoisotopic (exact) mass is 354 g/mol. The Kier molecular flexibility index (Phi) is 5.78. The first-order valence-electron chi connectivity index (χ1n) is 9.16. The number of quaternary nitrogens is 1. The van der Waals surface area contributed by atoms with Crippen molar-refractivity contribution in [2.75, 3.05) is 50.1 Å². The fraction of sp³-hybridized carbons (Fsp3) is 0.381. The molecule has 0 aliphatic carbocycles. The van der Waals surface area contributed by atoms with E-state index in [1.807, 2.05) is 50.2 Å². The zero-order chi connectivity index (χ0) is 18.5. The lowest BCUT2D eigenvalue weighted by Crippen LogP contribution is -3.15. The molecule has 5 nitrogen and oxygen atoms in total. The van der Waals surface area contributed by atoms with Gasteiger partial charge in [0.05, 0.1) is 39.0 Å². The predicted molar refractivity (Wildman–Crippen MR) is 105 cm³/mol. The maximum absolute atomic E-state index is 12.5. The molecule has 1 aliphatic heterocycles. The maximum Gasteiger partial charge on any atom is 0.279 e. The summed E-state index contributed by atoms with van der Waals surface area (Å²) in [7, 11) is 1.71. The Morgan fingerprint density at radius 2 is 1.73 bits per heavy atom. The van der Waals surface area contributed by atoms with E-state index < -0.39 is 0 Å². The summed E-state index contributed by atoms with van der Waals surface area (Å²) >= 11 is 0. The number of aryl methyl sites for hydroxylation is 2. The van der Waals surface area contributed by atoms with Gasteiger partial charge in [0.2, 0.25) is 0 Å². The lowest BCUT2D eigenvalue weighted by Gasteiger charge is -2.34. The van der Waals surface area contributed by atoms with Gasteiger partial charge in [-0.05, 0) is 37.1 Å². The van der Waals surface area contributed by atoms with Gasteiger partial charge in [-0.2, -0.15) is 0 Å². The fourth-order valence-corrected chi connectivity index (χ4v) is 3.55. The van der Waals surface area contributed by atoms with Crippen LogP contribution in [0.4, 0.5) is 11.4 Å². The molecule has 0 saturated carbocycles. The van der Waals surface area contributed by atoms with E-state index in [2.05, 4.69) is 16.3 Å². The van der Waals surface area contributed by atoms with Crippen molar-refractivity contribution in [3.8, 4) is 5.75 Å². The zero-order valence-electron chi connectivity index (χ0n) is 15.8. The van der Waals surface area contributed by atoms with E-state index in [4.69, 9.17) is 4.74 Å². The first kappa shape index (κ1) is 18.3. The summed E-state index contributed by atoms with van der Waals surface area (Å²) in [6.45, 7) is 8.30. The van der Waals surface area contributed by atoms with Crippen molar-refractivity contribution in [2.45, 2.75) is 13.8 Å². The molecule has 0 aromatic heterocycles. The number of hydrogen-bond donors (Lipinski definition) is 2. The van der Waals surface area contributed by atoms with Gasteiger partial charge in [-0.1, -0.05) is 30.3 Å². The highest BCUT2D eigenvalue weighted by molar-refractivity contribution is 5.93. The van der Waals surface area contributed by atoms with E-state index in [9.17, 15) is 4.79 Å². The third kappa shape index (κ3) is 4.17. The molecule has 138 valence electrons. The van der Waals surface area contributed by atoms with Crippen LogP contribution in [0.15, 0.2) is 42.5 Å². The van der Waals surface area contributed by atoms with Crippen LogP contribution < -0.4 is 19.9 Å². The molecule has 0 radical (unpaired) electrons. The van der Waals surface area contributed by atoms with Crippen molar-refractivity contribution in [3.05, 3.63) is 53.6 Å². The molecule has 2 aromatic rings. The number of anilines is 2. The molecule has 26 heavy (non-hydrogen) atoms. The first-order chi connectivity index (χ1) is 12.6. The molecular weight excluding hydrogens is 326 g/mol. The number of hydrogen-bond acceptors (Lipinski definition) is 3. The van der Waals surface area contributed by atoms with E-state index in [1.165, 1.54) is 4.90 Å². The van der Waals surface area contributed by atoms with Gasteiger partial charge in [0, 0.05) is 5.69 Å². The van der Waals surface area contributed by atoms with Crippen LogP contribution in [0.5, 0.6) is 5.75 Å². The van der Waals surface area contributed by atoms with E-state index in [-0.39, 0.29) is 5.91 Å². The van der Waals surface area contributed by atoms with Crippen LogP contribution in [0.25, 0.3) is 0 Å². The summed E-state index contributed by atoms with van der Waals surface area (Å²) in [5.41, 5.74) is 4.29. The zero-order valence-corrected chi connectivity index (χ0v) is 15.8. The van der Waals surface area contributed by atoms with Gasteiger partial charge < -0.3 is 19.9 Å². The number of carbonyl (C=O) groups is 1. The number of nitrogens with zero attached hydrogens (tertiary/aromatic N) is 1. The second-order valence-electron chi connectivity index (χ2n) is 6.90. The van der Waals surface area contributed by atoms with E-state index in [1.54, 1.807) is 7.11 Å². The van der Waals surface area contributed by atoms with Crippen LogP contribution in [0.2, 0.25) is 0 Å². The normalized spacial score (nSPS) is 15.0. The minimum Gasteiger partial charge on any atom is -0.495 e. The number of amides is 1. The topological polar surface area (TPSA) is 46.0 Å². The number of ether oxygens (including phenoxy) is 1. The Morgan fingerprint density at radius 3 is 2.38 bits per heavy atom. The second-order valence-corrected chi connectivity index (χ2v) is 6.90. The van der Waals surface area contributed by atoms with Crippen molar-refractivity contribution in [1.82, 2.24) is 0 Å². The van der Waals surface area contributed by atoms with Crippen LogP contribution in [-0.4, -0.2) is 45.7 Å². The number of para-hydroxylation sites is 3. The summed E-state index contributed by atoms with van der Waals surface area (Å²) < 4.78 is 5.47. The molecule has 1 heterocycles. The van der Waals surface area contributed by atoms with Gasteiger partial charge in [0.15, 0.2) is 6.54 Å². The first-order valence-corrected chi connectivity index (χ1v) is 9.16. The number of piperazine rings is 1.